The van der Waals surface area contributed by atoms with Crippen LogP contribution in [-0.2, 0) is 23.8 Å². The van der Waals surface area contributed by atoms with E-state index in [1.807, 2.05) is 38.1 Å². The minimum atomic E-state index is -0.331. The van der Waals surface area contributed by atoms with Crippen molar-refractivity contribution in [2.75, 3.05) is 65.5 Å². The normalized spacial score (nSPS) is 12.9. The van der Waals surface area contributed by atoms with Gasteiger partial charge in [-0.2, -0.15) is 0 Å². The number of nitrogen functional groups attached to an aromatic ring is 1. The van der Waals surface area contributed by atoms with Crippen molar-refractivity contribution in [3.63, 3.8) is 0 Å². The van der Waals surface area contributed by atoms with Crippen molar-refractivity contribution >= 4 is 66.9 Å². The van der Waals surface area contributed by atoms with Crippen LogP contribution >= 0.6 is 31.9 Å². The third-order valence-corrected chi connectivity index (χ3v) is 10.3. The molecule has 2 fully saturated rings. The van der Waals surface area contributed by atoms with Crippen molar-refractivity contribution in [3.05, 3.63) is 146 Å². The molecule has 2 aliphatic rings. The van der Waals surface area contributed by atoms with Crippen molar-refractivity contribution in [1.82, 2.24) is 39.1 Å². The van der Waals surface area contributed by atoms with Gasteiger partial charge in [0.2, 0.25) is 11.8 Å². The molecule has 0 unspecified atom stereocenters. The number of nitrogens with zero attached hydrogens (tertiary/aromatic N) is 8. The zero-order valence-electron chi connectivity index (χ0n) is 35.9. The summed E-state index contributed by atoms with van der Waals surface area (Å²) in [5.74, 6) is 0.0697. The van der Waals surface area contributed by atoms with Gasteiger partial charge in [-0.1, -0.05) is 0 Å². The predicted octanol–water partition coefficient (Wildman–Crippen LogP) is 5.81. The molecule has 0 saturated carbocycles. The number of carbonyl (C=O) groups excluding carboxylic acids is 4. The number of esters is 1. The van der Waals surface area contributed by atoms with Crippen LogP contribution in [0.4, 0.5) is 5.82 Å². The lowest BCUT2D eigenvalue weighted by molar-refractivity contribution is -0.134. The van der Waals surface area contributed by atoms with E-state index in [1.54, 1.807) is 95.0 Å². The Morgan fingerprint density at radius 3 is 1.75 bits per heavy atom. The number of hydrogen-bond acceptors (Lipinski definition) is 14. The number of rotatable bonds is 5. The minimum Gasteiger partial charge on any atom is -0.465 e. The van der Waals surface area contributed by atoms with Gasteiger partial charge in [0, 0.05) is 99.9 Å². The lowest BCUT2D eigenvalue weighted by Gasteiger charge is -2.26. The molecule has 2 aliphatic heterocycles. The second kappa shape index (κ2) is 26.4. The summed E-state index contributed by atoms with van der Waals surface area (Å²) < 4.78 is 17.9. The predicted molar refractivity (Wildman–Crippen MR) is 247 cm³/mol. The minimum absolute atomic E-state index is 0.0794. The van der Waals surface area contributed by atoms with Gasteiger partial charge in [0.25, 0.3) is 5.56 Å². The summed E-state index contributed by atoms with van der Waals surface area (Å²) >= 11 is 6.71. The number of halogens is 2. The van der Waals surface area contributed by atoms with Gasteiger partial charge in [-0.05, 0) is 105 Å². The smallest absolute Gasteiger partial charge is 0.337 e. The number of ketones is 1. The van der Waals surface area contributed by atoms with Crippen LogP contribution in [0.2, 0.25) is 0 Å². The summed E-state index contributed by atoms with van der Waals surface area (Å²) in [6.45, 7) is 10.6. The monoisotopic (exact) mass is 1000 g/mol. The summed E-state index contributed by atoms with van der Waals surface area (Å²) in [5, 5.41) is 0. The molecule has 2 amide bonds. The van der Waals surface area contributed by atoms with E-state index in [-0.39, 0.29) is 35.5 Å². The Kier molecular flexibility index (Phi) is 20.8. The van der Waals surface area contributed by atoms with Gasteiger partial charge in [-0.3, -0.25) is 38.5 Å². The maximum Gasteiger partial charge on any atom is 0.337 e. The number of aryl methyl sites for hydroxylation is 2. The van der Waals surface area contributed by atoms with Crippen LogP contribution < -0.4 is 11.3 Å². The highest BCUT2D eigenvalue weighted by Gasteiger charge is 2.20. The largest absolute Gasteiger partial charge is 0.465 e. The number of ether oxygens (including phenoxy) is 3. The number of fused-ring (bicyclic) bond motifs is 1. The number of hydrogen-bond donors (Lipinski definition) is 1. The fourth-order valence-corrected chi connectivity index (χ4v) is 6.79. The van der Waals surface area contributed by atoms with Gasteiger partial charge >= 0.3 is 5.97 Å². The van der Waals surface area contributed by atoms with Crippen LogP contribution in [0.25, 0.3) is 16.9 Å². The molecule has 0 atom stereocenters. The summed E-state index contributed by atoms with van der Waals surface area (Å²) in [4.78, 5) is 80.7. The molecule has 0 spiro atoms. The SMILES string of the molecule is CC(=O)N1CCOCC1.COC(=O)c1ccncc1.Cc1cc(Br)c2nc(-c3ccncc3)cc(=O)n2c1.Cc1cnc(N)c(Br)c1.O=C(CC(=O)N1CCOCC1)c1ccncc1. The molecule has 17 nitrogen and oxygen atoms in total. The van der Waals surface area contributed by atoms with Crippen molar-refractivity contribution in [2.45, 2.75) is 27.2 Å². The number of anilines is 1. The Morgan fingerprint density at radius 2 is 1.25 bits per heavy atom. The third kappa shape index (κ3) is 16.4. The number of carbonyl (C=O) groups is 4. The maximum atomic E-state index is 12.2. The molecule has 6 aromatic heterocycles. The van der Waals surface area contributed by atoms with Crippen LogP contribution in [0, 0.1) is 13.8 Å². The van der Waals surface area contributed by atoms with E-state index < -0.39 is 0 Å². The zero-order chi connectivity index (χ0) is 46.4. The average molecular weight is 1000 g/mol. The molecule has 0 bridgehead atoms. The van der Waals surface area contributed by atoms with E-state index in [1.165, 1.54) is 13.2 Å². The number of Topliss-reactive ketones (excluding diaryl/α,β-unsaturated/α-hetero) is 1. The summed E-state index contributed by atoms with van der Waals surface area (Å²) in [5.41, 5.74) is 10.6. The number of pyridine rings is 5. The fraction of sp³-hybridized carbons (Fsp3) is 0.289. The highest BCUT2D eigenvalue weighted by atomic mass is 79.9. The first kappa shape index (κ1) is 50.4. The quantitative estimate of drug-likeness (QED) is 0.123. The highest BCUT2D eigenvalue weighted by molar-refractivity contribution is 9.11. The Morgan fingerprint density at radius 1 is 0.734 bits per heavy atom. The second-order valence-corrected chi connectivity index (χ2v) is 15.5. The molecule has 19 heteroatoms. The standard InChI is InChI=1S/C14H10BrN3O.C12H14N2O3.C7H7NO2.C6H7BrN2.C6H11NO2/c1-9-6-11(15)14-17-12(7-13(19)18(14)8-9)10-2-4-16-5-3-10;15-11(10-1-3-13-4-2-10)9-12(16)14-5-7-17-8-6-14;1-10-7(9)6-2-4-8-5-3-6;1-4-2-5(7)6(8)9-3-4;1-6(8)7-2-4-9-5-3-7/h2-8H,1H3;1-4H,5-9H2;2-5H,1H3;2-3H,1H3,(H2,8,9);2-5H2,1H3. The molecule has 336 valence electrons. The van der Waals surface area contributed by atoms with Crippen LogP contribution in [0.5, 0.6) is 0 Å². The van der Waals surface area contributed by atoms with Crippen molar-refractivity contribution in [2.24, 2.45) is 0 Å². The van der Waals surface area contributed by atoms with E-state index in [0.29, 0.717) is 67.8 Å². The van der Waals surface area contributed by atoms with Crippen molar-refractivity contribution < 1.29 is 33.4 Å². The van der Waals surface area contributed by atoms with E-state index >= 15 is 0 Å². The topological polar surface area (TPSA) is 214 Å². The number of methoxy groups -OCH3 is 1. The summed E-state index contributed by atoms with van der Waals surface area (Å²) in [6, 6.07) is 15.5. The van der Waals surface area contributed by atoms with Gasteiger partial charge in [-0.15, -0.1) is 0 Å². The first-order valence-corrected chi connectivity index (χ1v) is 21.4. The first-order valence-electron chi connectivity index (χ1n) is 19.8. The molecule has 2 saturated heterocycles. The Bertz CT molecular complexity index is 2510. The van der Waals surface area contributed by atoms with Crippen LogP contribution in [0.15, 0.2) is 118 Å². The molecular formula is C45H49Br2N9O8. The second-order valence-electron chi connectivity index (χ2n) is 13.8. The number of nitrogens with two attached hydrogens (primary N) is 1. The molecule has 0 aromatic carbocycles. The van der Waals surface area contributed by atoms with Gasteiger partial charge in [-0.25, -0.2) is 14.8 Å². The van der Waals surface area contributed by atoms with E-state index in [2.05, 4.69) is 61.5 Å². The molecule has 2 N–H and O–H groups in total. The fourth-order valence-electron chi connectivity index (χ4n) is 5.69. The van der Waals surface area contributed by atoms with Gasteiger partial charge in [0.05, 0.1) is 60.2 Å². The average Bonchev–Trinajstić information content (AvgIpc) is 3.32. The molecule has 6 aromatic rings. The Balaban J connectivity index is 0.000000183. The lowest BCUT2D eigenvalue weighted by atomic mass is 10.1. The van der Waals surface area contributed by atoms with Crippen molar-refractivity contribution in [1.29, 1.82) is 0 Å². The summed E-state index contributed by atoms with van der Waals surface area (Å²) in [7, 11) is 1.35. The van der Waals surface area contributed by atoms with Crippen LogP contribution in [-0.4, -0.2) is 122 Å². The van der Waals surface area contributed by atoms with E-state index in [4.69, 9.17) is 15.2 Å². The molecule has 0 aliphatic carbocycles. The lowest BCUT2D eigenvalue weighted by Crippen LogP contribution is -2.41. The Hall–Kier alpha value is -6.28. The summed E-state index contributed by atoms with van der Waals surface area (Å²) in [6.07, 6.45) is 13.0. The van der Waals surface area contributed by atoms with Crippen LogP contribution in [0.1, 0.15) is 45.2 Å². The first-order chi connectivity index (χ1) is 30.8. The van der Waals surface area contributed by atoms with Gasteiger partial charge in [0.1, 0.15) is 5.82 Å². The maximum absolute atomic E-state index is 12.2. The molecule has 8 rings (SSSR count). The third-order valence-electron chi connectivity index (χ3n) is 9.07. The molecule has 0 radical (unpaired) electrons. The van der Waals surface area contributed by atoms with Crippen molar-refractivity contribution in [3.8, 4) is 11.3 Å². The van der Waals surface area contributed by atoms with Gasteiger partial charge < -0.3 is 29.7 Å². The van der Waals surface area contributed by atoms with Gasteiger partial charge in [0.15, 0.2) is 11.4 Å². The Labute approximate surface area is 387 Å². The van der Waals surface area contributed by atoms with E-state index in [0.717, 1.165) is 38.7 Å². The number of amides is 2. The number of morpholine rings is 2. The number of aromatic nitrogens is 6. The van der Waals surface area contributed by atoms with E-state index in [9.17, 15) is 24.0 Å². The zero-order valence-corrected chi connectivity index (χ0v) is 39.0. The highest BCUT2D eigenvalue weighted by Crippen LogP contribution is 2.21. The molecular weight excluding hydrogens is 954 g/mol. The molecule has 64 heavy (non-hydrogen) atoms. The molecule has 8 heterocycles. The van der Waals surface area contributed by atoms with Crippen LogP contribution in [0.3, 0.4) is 0 Å².